The molecular formula is C14H12BrClFNO. The number of hydrogen-bond donors (Lipinski definition) is 2. The summed E-state index contributed by atoms with van der Waals surface area (Å²) < 4.78 is 14.0. The van der Waals surface area contributed by atoms with Crippen LogP contribution in [0.25, 0.3) is 0 Å². The molecule has 0 aromatic heterocycles. The van der Waals surface area contributed by atoms with Crippen LogP contribution in [-0.4, -0.2) is 5.11 Å². The zero-order valence-corrected chi connectivity index (χ0v) is 12.5. The molecule has 100 valence electrons. The van der Waals surface area contributed by atoms with E-state index >= 15 is 0 Å². The van der Waals surface area contributed by atoms with Gasteiger partial charge in [-0.2, -0.15) is 0 Å². The second-order valence-electron chi connectivity index (χ2n) is 4.21. The lowest BCUT2D eigenvalue weighted by Gasteiger charge is -2.11. The van der Waals surface area contributed by atoms with Gasteiger partial charge in [-0.05, 0) is 58.7 Å². The number of benzene rings is 2. The lowest BCUT2D eigenvalue weighted by molar-refractivity contribution is 0.466. The molecule has 2 rings (SSSR count). The number of rotatable bonds is 3. The predicted molar refractivity (Wildman–Crippen MR) is 79.3 cm³/mol. The Hall–Kier alpha value is -1.26. The molecule has 0 radical (unpaired) electrons. The smallest absolute Gasteiger partial charge is 0.123 e. The van der Waals surface area contributed by atoms with Crippen molar-refractivity contribution in [2.45, 2.75) is 13.5 Å². The number of anilines is 1. The van der Waals surface area contributed by atoms with Crippen molar-refractivity contribution in [1.29, 1.82) is 0 Å². The average molecular weight is 345 g/mol. The molecular weight excluding hydrogens is 333 g/mol. The predicted octanol–water partition coefficient (Wildman–Crippen LogP) is 4.87. The van der Waals surface area contributed by atoms with Crippen LogP contribution in [0.2, 0.25) is 5.02 Å². The zero-order chi connectivity index (χ0) is 14.0. The highest BCUT2D eigenvalue weighted by atomic mass is 79.9. The van der Waals surface area contributed by atoms with Crippen molar-refractivity contribution in [3.05, 3.63) is 56.8 Å². The summed E-state index contributed by atoms with van der Waals surface area (Å²) in [4.78, 5) is 0. The molecule has 0 aliphatic heterocycles. The van der Waals surface area contributed by atoms with Gasteiger partial charge in [0.2, 0.25) is 0 Å². The first-order valence-corrected chi connectivity index (χ1v) is 6.81. The van der Waals surface area contributed by atoms with Crippen molar-refractivity contribution in [2.24, 2.45) is 0 Å². The van der Waals surface area contributed by atoms with Crippen molar-refractivity contribution in [1.82, 2.24) is 0 Å². The largest absolute Gasteiger partial charge is 0.508 e. The van der Waals surface area contributed by atoms with Crippen molar-refractivity contribution < 1.29 is 9.50 Å². The topological polar surface area (TPSA) is 32.3 Å². The van der Waals surface area contributed by atoms with Gasteiger partial charge in [0.25, 0.3) is 0 Å². The third-order valence-corrected chi connectivity index (χ3v) is 3.82. The zero-order valence-electron chi connectivity index (χ0n) is 10.2. The molecule has 2 nitrogen and oxygen atoms in total. The number of phenolic OH excluding ortho intramolecular Hbond substituents is 1. The van der Waals surface area contributed by atoms with Crippen LogP contribution in [0.3, 0.4) is 0 Å². The minimum absolute atomic E-state index is 0.0585. The van der Waals surface area contributed by atoms with Crippen LogP contribution >= 0.6 is 27.5 Å². The molecule has 2 N–H and O–H groups in total. The Morgan fingerprint density at radius 1 is 1.32 bits per heavy atom. The maximum Gasteiger partial charge on any atom is 0.123 e. The molecule has 0 unspecified atom stereocenters. The summed E-state index contributed by atoms with van der Waals surface area (Å²) in [7, 11) is 0. The molecule has 0 aliphatic carbocycles. The molecule has 0 saturated carbocycles. The van der Waals surface area contributed by atoms with Gasteiger partial charge in [-0.1, -0.05) is 11.6 Å². The first kappa shape index (κ1) is 14.2. The monoisotopic (exact) mass is 343 g/mol. The normalized spacial score (nSPS) is 10.5. The Balaban J connectivity index is 2.19. The van der Waals surface area contributed by atoms with Gasteiger partial charge in [0.1, 0.15) is 11.6 Å². The first-order valence-electron chi connectivity index (χ1n) is 5.64. The summed E-state index contributed by atoms with van der Waals surface area (Å²) in [5, 5.41) is 13.4. The van der Waals surface area contributed by atoms with Crippen LogP contribution in [0.4, 0.5) is 10.1 Å². The van der Waals surface area contributed by atoms with Crippen molar-refractivity contribution in [2.75, 3.05) is 5.32 Å². The second-order valence-corrected chi connectivity index (χ2v) is 5.47. The number of aryl methyl sites for hydroxylation is 1. The summed E-state index contributed by atoms with van der Waals surface area (Å²) in [5.41, 5.74) is 2.25. The van der Waals surface area contributed by atoms with Gasteiger partial charge in [-0.25, -0.2) is 4.39 Å². The minimum Gasteiger partial charge on any atom is -0.508 e. The standard InChI is InChI=1S/C14H12BrClFNO/c1-8-4-11(15)13(6-12(8)16)18-7-9-5-10(17)2-3-14(9)19/h2-6,18-19H,7H2,1H3. The summed E-state index contributed by atoms with van der Waals surface area (Å²) in [5.74, 6) is -0.321. The third kappa shape index (κ3) is 3.39. The molecule has 0 heterocycles. The van der Waals surface area contributed by atoms with Gasteiger partial charge in [-0.3, -0.25) is 0 Å². The summed E-state index contributed by atoms with van der Waals surface area (Å²) >= 11 is 9.48. The molecule has 0 atom stereocenters. The van der Waals surface area contributed by atoms with Crippen molar-refractivity contribution >= 4 is 33.2 Å². The Bertz CT molecular complexity index is 619. The fourth-order valence-electron chi connectivity index (χ4n) is 1.67. The SMILES string of the molecule is Cc1cc(Br)c(NCc2cc(F)ccc2O)cc1Cl. The van der Waals surface area contributed by atoms with E-state index in [0.29, 0.717) is 17.1 Å². The molecule has 0 fully saturated rings. The number of phenols is 1. The molecule has 0 spiro atoms. The molecule has 2 aromatic carbocycles. The summed E-state index contributed by atoms with van der Waals surface area (Å²) in [6, 6.07) is 7.54. The van der Waals surface area contributed by atoms with E-state index in [9.17, 15) is 9.50 Å². The van der Waals surface area contributed by atoms with Gasteiger partial charge >= 0.3 is 0 Å². The van der Waals surface area contributed by atoms with E-state index in [-0.39, 0.29) is 11.6 Å². The van der Waals surface area contributed by atoms with Gasteiger partial charge < -0.3 is 10.4 Å². The Kier molecular flexibility index (Phi) is 4.32. The molecule has 0 saturated heterocycles. The fourth-order valence-corrected chi connectivity index (χ4v) is 2.43. The van der Waals surface area contributed by atoms with E-state index in [2.05, 4.69) is 21.2 Å². The quantitative estimate of drug-likeness (QED) is 0.833. The molecule has 5 heteroatoms. The summed E-state index contributed by atoms with van der Waals surface area (Å²) in [6.45, 7) is 2.22. The number of hydrogen-bond acceptors (Lipinski definition) is 2. The van der Waals surface area contributed by atoms with E-state index in [1.165, 1.54) is 18.2 Å². The van der Waals surface area contributed by atoms with Gasteiger partial charge in [0, 0.05) is 21.6 Å². The van der Waals surface area contributed by atoms with E-state index in [4.69, 9.17) is 11.6 Å². The van der Waals surface area contributed by atoms with Crippen molar-refractivity contribution in [3.8, 4) is 5.75 Å². The molecule has 0 amide bonds. The Morgan fingerprint density at radius 2 is 2.05 bits per heavy atom. The molecule has 0 aliphatic rings. The van der Waals surface area contributed by atoms with E-state index in [0.717, 1.165) is 15.7 Å². The lowest BCUT2D eigenvalue weighted by Crippen LogP contribution is -2.01. The summed E-state index contributed by atoms with van der Waals surface area (Å²) in [6.07, 6.45) is 0. The highest BCUT2D eigenvalue weighted by Crippen LogP contribution is 2.30. The maximum absolute atomic E-state index is 13.1. The van der Waals surface area contributed by atoms with Crippen LogP contribution in [0, 0.1) is 12.7 Å². The van der Waals surface area contributed by atoms with Crippen LogP contribution < -0.4 is 5.32 Å². The fraction of sp³-hybridized carbons (Fsp3) is 0.143. The van der Waals surface area contributed by atoms with Crippen LogP contribution in [0.15, 0.2) is 34.8 Å². The minimum atomic E-state index is -0.379. The average Bonchev–Trinajstić information content (AvgIpc) is 2.36. The Morgan fingerprint density at radius 3 is 2.79 bits per heavy atom. The lowest BCUT2D eigenvalue weighted by atomic mass is 10.2. The second kappa shape index (κ2) is 5.80. The number of nitrogens with one attached hydrogen (secondary N) is 1. The highest BCUT2D eigenvalue weighted by Gasteiger charge is 2.06. The van der Waals surface area contributed by atoms with E-state index in [1.807, 2.05) is 13.0 Å². The molecule has 19 heavy (non-hydrogen) atoms. The molecule has 2 aromatic rings. The van der Waals surface area contributed by atoms with E-state index in [1.54, 1.807) is 6.07 Å². The van der Waals surface area contributed by atoms with Crippen LogP contribution in [0.5, 0.6) is 5.75 Å². The number of aromatic hydroxyl groups is 1. The van der Waals surface area contributed by atoms with E-state index < -0.39 is 0 Å². The number of halogens is 3. The Labute approximate surface area is 124 Å². The molecule has 0 bridgehead atoms. The maximum atomic E-state index is 13.1. The van der Waals surface area contributed by atoms with Crippen LogP contribution in [-0.2, 0) is 6.54 Å². The first-order chi connectivity index (χ1) is 8.97. The van der Waals surface area contributed by atoms with Gasteiger partial charge in [0.05, 0.1) is 5.69 Å². The van der Waals surface area contributed by atoms with Gasteiger partial charge in [0.15, 0.2) is 0 Å². The highest BCUT2D eigenvalue weighted by molar-refractivity contribution is 9.10. The third-order valence-electron chi connectivity index (χ3n) is 2.76. The van der Waals surface area contributed by atoms with Crippen LogP contribution in [0.1, 0.15) is 11.1 Å². The van der Waals surface area contributed by atoms with Crippen molar-refractivity contribution in [3.63, 3.8) is 0 Å². The van der Waals surface area contributed by atoms with Gasteiger partial charge in [-0.15, -0.1) is 0 Å².